The number of carbonyl (C=O) groups is 4. The highest BCUT2D eigenvalue weighted by Gasteiger charge is 2.20. The maximum absolute atomic E-state index is 12.5. The number of methoxy groups -OCH3 is 1. The Labute approximate surface area is 220 Å². The minimum Gasteiger partial charge on any atom is -0.462 e. The van der Waals surface area contributed by atoms with Crippen molar-refractivity contribution in [2.75, 3.05) is 33.5 Å². The largest absolute Gasteiger partial charge is 0.462 e. The summed E-state index contributed by atoms with van der Waals surface area (Å²) in [6.07, 6.45) is 1.88. The van der Waals surface area contributed by atoms with E-state index in [9.17, 15) is 32.1 Å². The molecule has 1 N–H and O–H groups in total. The Morgan fingerprint density at radius 2 is 1.05 bits per heavy atom. The van der Waals surface area contributed by atoms with Crippen LogP contribution in [0.2, 0.25) is 0 Å². The Morgan fingerprint density at radius 1 is 0.658 bits per heavy atom. The normalized spacial score (nSPS) is 11.0. The molecule has 0 saturated heterocycles. The van der Waals surface area contributed by atoms with Crippen molar-refractivity contribution in [1.82, 2.24) is 0 Å². The van der Waals surface area contributed by atoms with Crippen LogP contribution in [0.1, 0.15) is 74.0 Å². The lowest BCUT2D eigenvalue weighted by atomic mass is 10.1. The van der Waals surface area contributed by atoms with Crippen LogP contribution in [0.5, 0.6) is 0 Å². The molecule has 0 amide bonds. The molecule has 0 atom stereocenters. The van der Waals surface area contributed by atoms with Crippen molar-refractivity contribution < 1.29 is 51.1 Å². The SMILES string of the molecule is COCCCCOC(=O)c1cc(C(=O)OCCCCOC(=O)c2ccc(C(C)=O)cc2)cc(S(=O)(=O)O)c1. The van der Waals surface area contributed by atoms with Crippen molar-refractivity contribution in [1.29, 1.82) is 0 Å². The van der Waals surface area contributed by atoms with E-state index in [1.54, 1.807) is 7.11 Å². The Bertz CT molecular complexity index is 1230. The molecule has 2 aromatic rings. The molecule has 0 spiro atoms. The number of rotatable bonds is 15. The maximum Gasteiger partial charge on any atom is 0.338 e. The van der Waals surface area contributed by atoms with Gasteiger partial charge in [-0.25, -0.2) is 14.4 Å². The molecular weight excluding hydrogens is 520 g/mol. The van der Waals surface area contributed by atoms with Crippen molar-refractivity contribution in [3.05, 3.63) is 64.7 Å². The number of benzene rings is 2. The van der Waals surface area contributed by atoms with Crippen LogP contribution < -0.4 is 0 Å². The summed E-state index contributed by atoms with van der Waals surface area (Å²) in [6.45, 7) is 1.96. The van der Waals surface area contributed by atoms with Crippen LogP contribution >= 0.6 is 0 Å². The second-order valence-electron chi connectivity index (χ2n) is 8.17. The molecule has 0 fully saturated rings. The van der Waals surface area contributed by atoms with Gasteiger partial charge in [0.05, 0.1) is 41.4 Å². The molecular formula is C26H30O11S. The molecule has 0 aliphatic carbocycles. The first-order valence-electron chi connectivity index (χ1n) is 11.8. The molecule has 38 heavy (non-hydrogen) atoms. The predicted molar refractivity (Wildman–Crippen MR) is 134 cm³/mol. The Hall–Kier alpha value is -3.61. The third kappa shape index (κ3) is 10.0. The van der Waals surface area contributed by atoms with Crippen molar-refractivity contribution in [2.45, 2.75) is 37.5 Å². The fourth-order valence-electron chi connectivity index (χ4n) is 3.12. The lowest BCUT2D eigenvalue weighted by Gasteiger charge is -2.10. The standard InChI is InChI=1S/C26H30O11S/c1-18(27)19-7-9-20(10-8-19)24(28)35-13-5-6-14-37-26(30)22-15-21(16-23(17-22)38(31,32)33)25(29)36-12-4-3-11-34-2/h7-10,15-17H,3-6,11-14H2,1-2H3,(H,31,32,33). The predicted octanol–water partition coefficient (Wildman–Crippen LogP) is 3.51. The second kappa shape index (κ2) is 15.0. The molecule has 206 valence electrons. The smallest absolute Gasteiger partial charge is 0.338 e. The van der Waals surface area contributed by atoms with E-state index >= 15 is 0 Å². The average Bonchev–Trinajstić information content (AvgIpc) is 2.89. The third-order valence-corrected chi connectivity index (χ3v) is 6.02. The molecule has 0 unspecified atom stereocenters. The summed E-state index contributed by atoms with van der Waals surface area (Å²) in [4.78, 5) is 47.5. The van der Waals surface area contributed by atoms with Crippen molar-refractivity contribution in [3.8, 4) is 0 Å². The summed E-state index contributed by atoms with van der Waals surface area (Å²) in [6, 6.07) is 8.97. The number of hydrogen-bond donors (Lipinski definition) is 1. The van der Waals surface area contributed by atoms with E-state index in [0.717, 1.165) is 18.2 Å². The summed E-state index contributed by atoms with van der Waals surface area (Å²) < 4.78 is 53.0. The van der Waals surface area contributed by atoms with E-state index in [2.05, 4.69) is 0 Å². The van der Waals surface area contributed by atoms with Crippen molar-refractivity contribution in [2.24, 2.45) is 0 Å². The highest BCUT2D eigenvalue weighted by molar-refractivity contribution is 7.85. The topological polar surface area (TPSA) is 160 Å². The lowest BCUT2D eigenvalue weighted by Crippen LogP contribution is -2.13. The second-order valence-corrected chi connectivity index (χ2v) is 9.59. The van der Waals surface area contributed by atoms with Gasteiger partial charge < -0.3 is 18.9 Å². The fraction of sp³-hybridized carbons (Fsp3) is 0.385. The van der Waals surface area contributed by atoms with Gasteiger partial charge in [0.15, 0.2) is 5.78 Å². The molecule has 0 aliphatic rings. The molecule has 0 aliphatic heterocycles. The van der Waals surface area contributed by atoms with Crippen molar-refractivity contribution >= 4 is 33.8 Å². The zero-order chi connectivity index (χ0) is 28.1. The van der Waals surface area contributed by atoms with Gasteiger partial charge >= 0.3 is 17.9 Å². The Balaban J connectivity index is 1.86. The van der Waals surface area contributed by atoms with Gasteiger partial charge in [-0.1, -0.05) is 12.1 Å². The van der Waals surface area contributed by atoms with E-state index in [1.807, 2.05) is 0 Å². The molecule has 0 heterocycles. The third-order valence-electron chi connectivity index (χ3n) is 5.18. The number of hydrogen-bond acceptors (Lipinski definition) is 10. The number of ether oxygens (including phenoxy) is 4. The quantitative estimate of drug-likeness (QED) is 0.114. The highest BCUT2D eigenvalue weighted by atomic mass is 32.2. The van der Waals surface area contributed by atoms with E-state index < -0.39 is 32.9 Å². The van der Waals surface area contributed by atoms with E-state index in [-0.39, 0.29) is 36.7 Å². The molecule has 0 bridgehead atoms. The monoisotopic (exact) mass is 550 g/mol. The van der Waals surface area contributed by atoms with Crippen LogP contribution in [0.3, 0.4) is 0 Å². The van der Waals surface area contributed by atoms with E-state index in [4.69, 9.17) is 18.9 Å². The zero-order valence-electron chi connectivity index (χ0n) is 21.1. The first-order valence-corrected chi connectivity index (χ1v) is 13.2. The number of esters is 3. The first kappa shape index (κ1) is 30.6. The van der Waals surface area contributed by atoms with Crippen molar-refractivity contribution in [3.63, 3.8) is 0 Å². The van der Waals surface area contributed by atoms with Crippen LogP contribution in [0.4, 0.5) is 0 Å². The molecule has 0 aromatic heterocycles. The van der Waals surface area contributed by atoms with Crippen LogP contribution in [-0.2, 0) is 29.1 Å². The van der Waals surface area contributed by atoms with Gasteiger partial charge in [-0.15, -0.1) is 0 Å². The highest BCUT2D eigenvalue weighted by Crippen LogP contribution is 2.18. The van der Waals surface area contributed by atoms with Gasteiger partial charge in [0, 0.05) is 19.3 Å². The number of unbranched alkanes of at least 4 members (excludes halogenated alkanes) is 2. The van der Waals surface area contributed by atoms with Gasteiger partial charge in [0.1, 0.15) is 0 Å². The molecule has 2 rings (SSSR count). The minimum atomic E-state index is -4.71. The van der Waals surface area contributed by atoms with Gasteiger partial charge in [-0.3, -0.25) is 9.35 Å². The minimum absolute atomic E-state index is 0.0590. The number of carbonyl (C=O) groups excluding carboxylic acids is 4. The summed E-state index contributed by atoms with van der Waals surface area (Å²) in [5.41, 5.74) is 0.283. The molecule has 0 radical (unpaired) electrons. The zero-order valence-corrected chi connectivity index (χ0v) is 22.0. The van der Waals surface area contributed by atoms with Gasteiger partial charge in [-0.05, 0) is 62.9 Å². The summed E-state index contributed by atoms with van der Waals surface area (Å²) in [7, 11) is -3.17. The lowest BCUT2D eigenvalue weighted by molar-refractivity contribution is 0.0431. The molecule has 0 saturated carbocycles. The Kier molecular flexibility index (Phi) is 12.1. The summed E-state index contributed by atoms with van der Waals surface area (Å²) in [5, 5.41) is 0. The van der Waals surface area contributed by atoms with Crippen LogP contribution in [-0.4, -0.2) is 70.2 Å². The van der Waals surface area contributed by atoms with Gasteiger partial charge in [0.25, 0.3) is 10.1 Å². The fourth-order valence-corrected chi connectivity index (χ4v) is 3.67. The Morgan fingerprint density at radius 3 is 1.45 bits per heavy atom. The van der Waals surface area contributed by atoms with Crippen LogP contribution in [0, 0.1) is 0 Å². The average molecular weight is 551 g/mol. The van der Waals surface area contributed by atoms with E-state index in [0.29, 0.717) is 43.4 Å². The molecule has 11 nitrogen and oxygen atoms in total. The molecule has 2 aromatic carbocycles. The number of ketones is 1. The molecule has 12 heteroatoms. The van der Waals surface area contributed by atoms with Crippen LogP contribution in [0.25, 0.3) is 0 Å². The number of Topliss-reactive ketones (excluding diaryl/α,β-unsaturated/α-hetero) is 1. The van der Waals surface area contributed by atoms with E-state index in [1.165, 1.54) is 31.2 Å². The maximum atomic E-state index is 12.5. The first-order chi connectivity index (χ1) is 18.0. The van der Waals surface area contributed by atoms with Gasteiger partial charge in [0.2, 0.25) is 0 Å². The van der Waals surface area contributed by atoms with Gasteiger partial charge in [-0.2, -0.15) is 8.42 Å². The summed E-state index contributed by atoms with van der Waals surface area (Å²) >= 11 is 0. The van der Waals surface area contributed by atoms with Crippen LogP contribution in [0.15, 0.2) is 47.4 Å². The summed E-state index contributed by atoms with van der Waals surface area (Å²) in [5.74, 6) is -2.45.